The van der Waals surface area contributed by atoms with Gasteiger partial charge < -0.3 is 10.1 Å². The van der Waals surface area contributed by atoms with Gasteiger partial charge in [-0.25, -0.2) is 0 Å². The van der Waals surface area contributed by atoms with Crippen LogP contribution >= 0.6 is 0 Å². The Morgan fingerprint density at radius 3 is 2.71 bits per heavy atom. The fraction of sp³-hybridized carbons (Fsp3) is 0.278. The summed E-state index contributed by atoms with van der Waals surface area (Å²) in [6, 6.07) is 15.4. The Bertz CT molecular complexity index is 733. The standard InChI is InChI=1S/C18H18N2O4/c21-17-10-9-16(20(22)23)18(19-17)14-7-4-8-15(11-14)24-12-13-5-2-1-3-6-13/h1-8,11,16,18H,9-10,12H2,(H,19,21)/t16-,18-/m0/s1. The van der Waals surface area contributed by atoms with E-state index >= 15 is 0 Å². The van der Waals surface area contributed by atoms with Crippen molar-refractivity contribution in [3.05, 3.63) is 75.8 Å². The Morgan fingerprint density at radius 1 is 1.17 bits per heavy atom. The van der Waals surface area contributed by atoms with Crippen LogP contribution in [-0.4, -0.2) is 16.9 Å². The molecule has 0 bridgehead atoms. The number of rotatable bonds is 5. The van der Waals surface area contributed by atoms with Crippen LogP contribution in [0.3, 0.4) is 0 Å². The molecule has 2 aromatic carbocycles. The Labute approximate surface area is 139 Å². The number of carbonyl (C=O) groups is 1. The number of nitrogens with zero attached hydrogens (tertiary/aromatic N) is 1. The predicted molar refractivity (Wildman–Crippen MR) is 88.1 cm³/mol. The molecule has 1 saturated heterocycles. The summed E-state index contributed by atoms with van der Waals surface area (Å²) in [6.07, 6.45) is 0.435. The first kappa shape index (κ1) is 16.0. The normalized spacial score (nSPS) is 20.2. The lowest BCUT2D eigenvalue weighted by molar-refractivity contribution is -0.529. The Kier molecular flexibility index (Phi) is 4.74. The summed E-state index contributed by atoms with van der Waals surface area (Å²) in [4.78, 5) is 22.6. The monoisotopic (exact) mass is 326 g/mol. The SMILES string of the molecule is O=C1CC[C@H]([N+](=O)[O-])[C@H](c2cccc(OCc3ccccc3)c2)N1. The second-order valence-electron chi connectivity index (χ2n) is 5.78. The van der Waals surface area contributed by atoms with E-state index in [4.69, 9.17) is 4.74 Å². The third-order valence-electron chi connectivity index (χ3n) is 4.10. The number of benzene rings is 2. The molecule has 0 aromatic heterocycles. The molecule has 24 heavy (non-hydrogen) atoms. The molecule has 124 valence electrons. The summed E-state index contributed by atoms with van der Waals surface area (Å²) in [6.45, 7) is 0.417. The minimum absolute atomic E-state index is 0.159. The molecule has 1 heterocycles. The smallest absolute Gasteiger partial charge is 0.237 e. The number of nitro groups is 1. The van der Waals surface area contributed by atoms with Crippen LogP contribution in [0.15, 0.2) is 54.6 Å². The third kappa shape index (κ3) is 3.71. The van der Waals surface area contributed by atoms with Gasteiger partial charge in [-0.1, -0.05) is 42.5 Å². The summed E-state index contributed by atoms with van der Waals surface area (Å²) >= 11 is 0. The molecule has 1 aliphatic rings. The molecular formula is C18H18N2O4. The molecule has 6 heteroatoms. The molecule has 0 aliphatic carbocycles. The van der Waals surface area contributed by atoms with E-state index in [9.17, 15) is 14.9 Å². The number of carbonyl (C=O) groups excluding carboxylic acids is 1. The van der Waals surface area contributed by atoms with Crippen LogP contribution in [0, 0.1) is 10.1 Å². The first-order valence-electron chi connectivity index (χ1n) is 7.83. The Morgan fingerprint density at radius 2 is 1.96 bits per heavy atom. The predicted octanol–water partition coefficient (Wildman–Crippen LogP) is 2.86. The van der Waals surface area contributed by atoms with Gasteiger partial charge in [0.05, 0.1) is 0 Å². The van der Waals surface area contributed by atoms with E-state index in [1.807, 2.05) is 30.3 Å². The molecule has 2 atom stereocenters. The van der Waals surface area contributed by atoms with Gasteiger partial charge in [0.15, 0.2) is 0 Å². The summed E-state index contributed by atoms with van der Waals surface area (Å²) in [7, 11) is 0. The molecule has 1 N–H and O–H groups in total. The van der Waals surface area contributed by atoms with Crippen LogP contribution < -0.4 is 10.1 Å². The molecular weight excluding hydrogens is 308 g/mol. The van der Waals surface area contributed by atoms with Gasteiger partial charge in [0.1, 0.15) is 18.4 Å². The van der Waals surface area contributed by atoms with E-state index in [1.165, 1.54) is 0 Å². The van der Waals surface area contributed by atoms with E-state index in [2.05, 4.69) is 5.32 Å². The third-order valence-corrected chi connectivity index (χ3v) is 4.10. The highest BCUT2D eigenvalue weighted by atomic mass is 16.6. The maximum Gasteiger partial charge on any atom is 0.237 e. The quantitative estimate of drug-likeness (QED) is 0.676. The van der Waals surface area contributed by atoms with Crippen molar-refractivity contribution in [2.45, 2.75) is 31.5 Å². The molecule has 0 saturated carbocycles. The van der Waals surface area contributed by atoms with Crippen molar-refractivity contribution in [2.24, 2.45) is 0 Å². The van der Waals surface area contributed by atoms with Crippen molar-refractivity contribution < 1.29 is 14.5 Å². The van der Waals surface area contributed by atoms with Gasteiger partial charge in [0, 0.05) is 17.8 Å². The van der Waals surface area contributed by atoms with Crippen LogP contribution in [0.1, 0.15) is 30.0 Å². The lowest BCUT2D eigenvalue weighted by Gasteiger charge is -2.27. The number of amides is 1. The van der Waals surface area contributed by atoms with Gasteiger partial charge in [-0.15, -0.1) is 0 Å². The second kappa shape index (κ2) is 7.12. The average Bonchev–Trinajstić information content (AvgIpc) is 2.61. The maximum atomic E-state index is 11.6. The number of hydrogen-bond acceptors (Lipinski definition) is 4. The van der Waals surface area contributed by atoms with Crippen LogP contribution in [0.25, 0.3) is 0 Å². The van der Waals surface area contributed by atoms with Gasteiger partial charge in [0.2, 0.25) is 11.9 Å². The maximum absolute atomic E-state index is 11.6. The Hall–Kier alpha value is -2.89. The van der Waals surface area contributed by atoms with Gasteiger partial charge in [0.25, 0.3) is 0 Å². The highest BCUT2D eigenvalue weighted by Crippen LogP contribution is 2.28. The minimum atomic E-state index is -0.813. The summed E-state index contributed by atoms with van der Waals surface area (Å²) < 4.78 is 5.76. The number of nitrogens with one attached hydrogen (secondary N) is 1. The fourth-order valence-electron chi connectivity index (χ4n) is 2.86. The second-order valence-corrected chi connectivity index (χ2v) is 5.78. The summed E-state index contributed by atoms with van der Waals surface area (Å²) in [5.74, 6) is 0.465. The molecule has 6 nitrogen and oxygen atoms in total. The first-order chi connectivity index (χ1) is 11.6. The van der Waals surface area contributed by atoms with Crippen molar-refractivity contribution in [2.75, 3.05) is 0 Å². The van der Waals surface area contributed by atoms with Crippen molar-refractivity contribution >= 4 is 5.91 Å². The Balaban J connectivity index is 1.76. The fourth-order valence-corrected chi connectivity index (χ4v) is 2.86. The minimum Gasteiger partial charge on any atom is -0.489 e. The number of hydrogen-bond donors (Lipinski definition) is 1. The van der Waals surface area contributed by atoms with Crippen molar-refractivity contribution in [1.29, 1.82) is 0 Å². The van der Waals surface area contributed by atoms with E-state index in [0.29, 0.717) is 17.9 Å². The zero-order valence-electron chi connectivity index (χ0n) is 13.1. The lowest BCUT2D eigenvalue weighted by atomic mass is 9.92. The molecule has 1 aliphatic heterocycles. The van der Waals surface area contributed by atoms with Gasteiger partial charge in [-0.3, -0.25) is 14.9 Å². The number of ether oxygens (including phenoxy) is 1. The zero-order chi connectivity index (χ0) is 16.9. The van der Waals surface area contributed by atoms with Crippen molar-refractivity contribution in [3.8, 4) is 5.75 Å². The van der Waals surface area contributed by atoms with Crippen molar-refractivity contribution in [3.63, 3.8) is 0 Å². The molecule has 0 spiro atoms. The van der Waals surface area contributed by atoms with Crippen LogP contribution in [-0.2, 0) is 11.4 Å². The average molecular weight is 326 g/mol. The van der Waals surface area contributed by atoms with Crippen molar-refractivity contribution in [1.82, 2.24) is 5.32 Å². The summed E-state index contributed by atoms with van der Waals surface area (Å²) in [5, 5.41) is 14.0. The van der Waals surface area contributed by atoms with Crippen LogP contribution in [0.5, 0.6) is 5.75 Å². The molecule has 1 fully saturated rings. The number of piperidine rings is 1. The highest BCUT2D eigenvalue weighted by Gasteiger charge is 2.38. The summed E-state index contributed by atoms with van der Waals surface area (Å²) in [5.41, 5.74) is 1.73. The first-order valence-corrected chi connectivity index (χ1v) is 7.83. The zero-order valence-corrected chi connectivity index (χ0v) is 13.1. The van der Waals surface area contributed by atoms with Crippen LogP contribution in [0.4, 0.5) is 0 Å². The topological polar surface area (TPSA) is 81.5 Å². The molecule has 0 radical (unpaired) electrons. The lowest BCUT2D eigenvalue weighted by Crippen LogP contribution is -2.45. The largest absolute Gasteiger partial charge is 0.489 e. The molecule has 0 unspecified atom stereocenters. The van der Waals surface area contributed by atoms with Gasteiger partial charge in [-0.05, 0) is 23.3 Å². The van der Waals surface area contributed by atoms with E-state index in [0.717, 1.165) is 5.56 Å². The van der Waals surface area contributed by atoms with E-state index < -0.39 is 12.1 Å². The molecule has 3 rings (SSSR count). The van der Waals surface area contributed by atoms with Crippen LogP contribution in [0.2, 0.25) is 0 Å². The molecule has 2 aromatic rings. The van der Waals surface area contributed by atoms with Gasteiger partial charge >= 0.3 is 0 Å². The highest BCUT2D eigenvalue weighted by molar-refractivity contribution is 5.77. The van der Waals surface area contributed by atoms with E-state index in [-0.39, 0.29) is 23.7 Å². The van der Waals surface area contributed by atoms with Gasteiger partial charge in [-0.2, -0.15) is 0 Å². The van der Waals surface area contributed by atoms with E-state index in [1.54, 1.807) is 24.3 Å². The molecule has 1 amide bonds.